The molecule has 0 radical (unpaired) electrons. The van der Waals surface area contributed by atoms with Gasteiger partial charge >= 0.3 is 0 Å². The average Bonchev–Trinajstić information content (AvgIpc) is 2.82. The van der Waals surface area contributed by atoms with E-state index in [1.807, 2.05) is 12.3 Å². The predicted molar refractivity (Wildman–Crippen MR) is 76.0 cm³/mol. The molecule has 3 rings (SSSR count). The van der Waals surface area contributed by atoms with E-state index >= 15 is 0 Å². The number of hydrogen-bond acceptors (Lipinski definition) is 2. The molecule has 2 aromatic heterocycles. The summed E-state index contributed by atoms with van der Waals surface area (Å²) in [4.78, 5) is 0. The van der Waals surface area contributed by atoms with Crippen molar-refractivity contribution in [2.45, 2.75) is 6.42 Å². The molecule has 5 heteroatoms. The Bertz CT molecular complexity index is 752. The highest BCUT2D eigenvalue weighted by Gasteiger charge is 2.10. The molecule has 1 aromatic carbocycles. The van der Waals surface area contributed by atoms with E-state index in [-0.39, 0.29) is 5.82 Å². The zero-order valence-electron chi connectivity index (χ0n) is 10.8. The van der Waals surface area contributed by atoms with Crippen LogP contribution in [0.2, 0.25) is 5.02 Å². The highest BCUT2D eigenvalue weighted by atomic mass is 35.5. The standard InChI is InChI=1S/C15H12ClFN2O/c1-20-14-7-11(6-10-2-4-12(17)5-3-10)9-19-15(14)13(16)8-18-19/h2-5,7-9H,6H2,1H3. The molecule has 0 aliphatic rings. The number of halogens is 2. The third-order valence-electron chi connectivity index (χ3n) is 3.13. The van der Waals surface area contributed by atoms with Gasteiger partial charge in [-0.1, -0.05) is 23.7 Å². The maximum absolute atomic E-state index is 12.9. The maximum Gasteiger partial charge on any atom is 0.146 e. The second kappa shape index (κ2) is 5.13. The fourth-order valence-electron chi connectivity index (χ4n) is 2.19. The first-order chi connectivity index (χ1) is 9.67. The number of fused-ring (bicyclic) bond motifs is 1. The van der Waals surface area contributed by atoms with Gasteiger partial charge in [0.25, 0.3) is 0 Å². The Morgan fingerprint density at radius 1 is 1.25 bits per heavy atom. The number of pyridine rings is 1. The molecule has 3 aromatic rings. The van der Waals surface area contributed by atoms with Crippen molar-refractivity contribution < 1.29 is 9.13 Å². The van der Waals surface area contributed by atoms with Crippen LogP contribution in [0.3, 0.4) is 0 Å². The van der Waals surface area contributed by atoms with Gasteiger partial charge in [0.05, 0.1) is 18.3 Å². The molecule has 3 nitrogen and oxygen atoms in total. The van der Waals surface area contributed by atoms with Gasteiger partial charge in [-0.25, -0.2) is 8.91 Å². The molecule has 0 saturated heterocycles. The number of ether oxygens (including phenoxy) is 1. The highest BCUT2D eigenvalue weighted by molar-refractivity contribution is 6.34. The van der Waals surface area contributed by atoms with Crippen LogP contribution in [0.15, 0.2) is 42.7 Å². The number of methoxy groups -OCH3 is 1. The summed E-state index contributed by atoms with van der Waals surface area (Å²) in [5.41, 5.74) is 2.78. The molecule has 0 atom stereocenters. The predicted octanol–water partition coefficient (Wildman–Crippen LogP) is 3.73. The molecule has 20 heavy (non-hydrogen) atoms. The van der Waals surface area contributed by atoms with Gasteiger partial charge in [-0.2, -0.15) is 5.10 Å². The Hall–Kier alpha value is -2.07. The Morgan fingerprint density at radius 2 is 2.00 bits per heavy atom. The van der Waals surface area contributed by atoms with Gasteiger partial charge in [0.1, 0.15) is 17.1 Å². The van der Waals surface area contributed by atoms with E-state index in [0.29, 0.717) is 17.2 Å². The molecule has 0 fully saturated rings. The fraction of sp³-hybridized carbons (Fsp3) is 0.133. The summed E-state index contributed by atoms with van der Waals surface area (Å²) >= 11 is 6.08. The van der Waals surface area contributed by atoms with Crippen LogP contribution < -0.4 is 4.74 Å². The van der Waals surface area contributed by atoms with E-state index in [0.717, 1.165) is 16.6 Å². The van der Waals surface area contributed by atoms with Crippen LogP contribution in [0, 0.1) is 5.82 Å². The van der Waals surface area contributed by atoms with Gasteiger partial charge in [-0.15, -0.1) is 0 Å². The molecule has 0 spiro atoms. The Morgan fingerprint density at radius 3 is 2.70 bits per heavy atom. The number of aromatic nitrogens is 2. The molecule has 102 valence electrons. The summed E-state index contributed by atoms with van der Waals surface area (Å²) in [5, 5.41) is 4.74. The second-order valence-electron chi connectivity index (χ2n) is 4.51. The van der Waals surface area contributed by atoms with Crippen molar-refractivity contribution >= 4 is 17.1 Å². The first-order valence-corrected chi connectivity index (χ1v) is 6.49. The molecule has 0 amide bonds. The van der Waals surface area contributed by atoms with Gasteiger partial charge in [0.2, 0.25) is 0 Å². The van der Waals surface area contributed by atoms with E-state index < -0.39 is 0 Å². The lowest BCUT2D eigenvalue weighted by molar-refractivity contribution is 0.417. The number of hydrogen-bond donors (Lipinski definition) is 0. The minimum atomic E-state index is -0.236. The third-order valence-corrected chi connectivity index (χ3v) is 3.41. The van der Waals surface area contributed by atoms with Crippen molar-refractivity contribution in [3.63, 3.8) is 0 Å². The third kappa shape index (κ3) is 2.34. The molecule has 0 bridgehead atoms. The first-order valence-electron chi connectivity index (χ1n) is 6.11. The lowest BCUT2D eigenvalue weighted by Gasteiger charge is -2.08. The van der Waals surface area contributed by atoms with Gasteiger partial charge < -0.3 is 4.74 Å². The first kappa shape index (κ1) is 12.9. The smallest absolute Gasteiger partial charge is 0.146 e. The molecule has 0 saturated carbocycles. The van der Waals surface area contributed by atoms with Crippen molar-refractivity contribution in [1.82, 2.24) is 9.61 Å². The SMILES string of the molecule is COc1cc(Cc2ccc(F)cc2)cn2ncc(Cl)c12. The van der Waals surface area contributed by atoms with Gasteiger partial charge in [0, 0.05) is 6.20 Å². The normalized spacial score (nSPS) is 10.9. The topological polar surface area (TPSA) is 26.5 Å². The highest BCUT2D eigenvalue weighted by Crippen LogP contribution is 2.28. The second-order valence-corrected chi connectivity index (χ2v) is 4.91. The minimum absolute atomic E-state index is 0.236. The van der Waals surface area contributed by atoms with Crippen LogP contribution in [0.1, 0.15) is 11.1 Å². The quantitative estimate of drug-likeness (QED) is 0.735. The van der Waals surface area contributed by atoms with Crippen molar-refractivity contribution in [3.8, 4) is 5.75 Å². The summed E-state index contributed by atoms with van der Waals surface area (Å²) in [6.07, 6.45) is 4.15. The molecular formula is C15H12ClFN2O. The molecule has 2 heterocycles. The Kier molecular flexibility index (Phi) is 3.32. The Balaban J connectivity index is 2.01. The number of benzene rings is 1. The lowest BCUT2D eigenvalue weighted by Crippen LogP contribution is -1.97. The van der Waals surface area contributed by atoms with Crippen LogP contribution in [0.5, 0.6) is 5.75 Å². The molecule has 0 unspecified atom stereocenters. The number of nitrogens with zero attached hydrogens (tertiary/aromatic N) is 2. The summed E-state index contributed by atoms with van der Waals surface area (Å²) in [6.45, 7) is 0. The summed E-state index contributed by atoms with van der Waals surface area (Å²) in [5.74, 6) is 0.438. The summed E-state index contributed by atoms with van der Waals surface area (Å²) < 4.78 is 20.0. The van der Waals surface area contributed by atoms with E-state index in [1.165, 1.54) is 12.1 Å². The van der Waals surface area contributed by atoms with Crippen molar-refractivity contribution in [2.75, 3.05) is 7.11 Å². The van der Waals surface area contributed by atoms with Crippen LogP contribution in [0.4, 0.5) is 4.39 Å². The van der Waals surface area contributed by atoms with Crippen molar-refractivity contribution in [3.05, 3.63) is 64.7 Å². The van der Waals surface area contributed by atoms with Crippen molar-refractivity contribution in [1.29, 1.82) is 0 Å². The molecule has 0 aliphatic heterocycles. The minimum Gasteiger partial charge on any atom is -0.494 e. The van der Waals surface area contributed by atoms with Gasteiger partial charge in [0.15, 0.2) is 0 Å². The van der Waals surface area contributed by atoms with Gasteiger partial charge in [-0.3, -0.25) is 0 Å². The van der Waals surface area contributed by atoms with Gasteiger partial charge in [-0.05, 0) is 35.7 Å². The zero-order valence-corrected chi connectivity index (χ0v) is 11.6. The largest absolute Gasteiger partial charge is 0.494 e. The van der Waals surface area contributed by atoms with E-state index in [4.69, 9.17) is 16.3 Å². The molecular weight excluding hydrogens is 279 g/mol. The summed E-state index contributed by atoms with van der Waals surface area (Å²) in [7, 11) is 1.60. The molecule has 0 N–H and O–H groups in total. The molecule has 0 aliphatic carbocycles. The van der Waals surface area contributed by atoms with Crippen LogP contribution >= 0.6 is 11.6 Å². The van der Waals surface area contributed by atoms with E-state index in [2.05, 4.69) is 5.10 Å². The maximum atomic E-state index is 12.9. The van der Waals surface area contributed by atoms with Crippen LogP contribution in [0.25, 0.3) is 5.52 Å². The van der Waals surface area contributed by atoms with Crippen LogP contribution in [-0.4, -0.2) is 16.7 Å². The lowest BCUT2D eigenvalue weighted by atomic mass is 10.1. The van der Waals surface area contributed by atoms with Crippen LogP contribution in [-0.2, 0) is 6.42 Å². The Labute approximate surface area is 120 Å². The van der Waals surface area contributed by atoms with E-state index in [9.17, 15) is 4.39 Å². The van der Waals surface area contributed by atoms with E-state index in [1.54, 1.807) is 30.0 Å². The average molecular weight is 291 g/mol. The fourth-order valence-corrected chi connectivity index (χ4v) is 2.41. The van der Waals surface area contributed by atoms with Crippen molar-refractivity contribution in [2.24, 2.45) is 0 Å². The monoisotopic (exact) mass is 290 g/mol. The summed E-state index contributed by atoms with van der Waals surface area (Å²) in [6, 6.07) is 8.36. The zero-order chi connectivity index (χ0) is 14.1. The number of rotatable bonds is 3.